The van der Waals surface area contributed by atoms with Gasteiger partial charge in [-0.2, -0.15) is 0 Å². The normalized spacial score (nSPS) is 16.4. The highest BCUT2D eigenvalue weighted by molar-refractivity contribution is 5.96. The van der Waals surface area contributed by atoms with Gasteiger partial charge in [-0.15, -0.1) is 0 Å². The summed E-state index contributed by atoms with van der Waals surface area (Å²) in [6.07, 6.45) is 3.58. The molecule has 2 heterocycles. The minimum absolute atomic E-state index is 0.0650. The quantitative estimate of drug-likeness (QED) is 0.863. The summed E-state index contributed by atoms with van der Waals surface area (Å²) in [7, 11) is 1.40. The van der Waals surface area contributed by atoms with Crippen molar-refractivity contribution in [2.75, 3.05) is 25.3 Å². The zero-order valence-electron chi connectivity index (χ0n) is 14.9. The van der Waals surface area contributed by atoms with Gasteiger partial charge in [-0.25, -0.2) is 4.39 Å². The highest BCUT2D eigenvalue weighted by Crippen LogP contribution is 2.32. The molecule has 7 nitrogen and oxygen atoms in total. The maximum atomic E-state index is 14.0. The summed E-state index contributed by atoms with van der Waals surface area (Å²) >= 11 is 0. The average molecular weight is 373 g/mol. The molecule has 1 fully saturated rings. The number of para-hydroxylation sites is 1. The highest BCUT2D eigenvalue weighted by atomic mass is 19.1. The van der Waals surface area contributed by atoms with Crippen LogP contribution in [0.4, 0.5) is 4.39 Å². The second kappa shape index (κ2) is 6.61. The third kappa shape index (κ3) is 3.11. The van der Waals surface area contributed by atoms with Crippen LogP contribution in [0.15, 0.2) is 35.3 Å². The van der Waals surface area contributed by atoms with E-state index in [1.54, 1.807) is 22.0 Å². The Balaban J connectivity index is 1.75. The van der Waals surface area contributed by atoms with Crippen LogP contribution < -0.4 is 15.2 Å². The molecule has 1 aromatic carbocycles. The second-order valence-corrected chi connectivity index (χ2v) is 6.93. The Kier molecular flexibility index (Phi) is 4.25. The number of carbonyl (C=O) groups is 1. The molecule has 2 aliphatic rings. The molecule has 142 valence electrons. The summed E-state index contributed by atoms with van der Waals surface area (Å²) in [5, 5.41) is 12.0. The van der Waals surface area contributed by atoms with Crippen molar-refractivity contribution in [1.82, 2.24) is 9.58 Å². The number of aromatic hydroxyl groups is 1. The first-order valence-electron chi connectivity index (χ1n) is 8.80. The zero-order chi connectivity index (χ0) is 19.1. The average Bonchev–Trinajstić information content (AvgIpc) is 3.45. The molecule has 8 heteroatoms. The van der Waals surface area contributed by atoms with Crippen molar-refractivity contribution in [2.45, 2.75) is 19.4 Å². The maximum absolute atomic E-state index is 14.0. The molecule has 4 rings (SSSR count). The molecule has 1 N–H and O–H groups in total. The van der Waals surface area contributed by atoms with Crippen LogP contribution in [-0.4, -0.2) is 40.9 Å². The van der Waals surface area contributed by atoms with Crippen LogP contribution in [0.1, 0.15) is 28.9 Å². The summed E-state index contributed by atoms with van der Waals surface area (Å²) in [6, 6.07) is 5.86. The predicted molar refractivity (Wildman–Crippen MR) is 95.9 cm³/mol. The number of benzene rings is 1. The third-order valence-corrected chi connectivity index (χ3v) is 4.96. The molecule has 1 aromatic heterocycles. The zero-order valence-corrected chi connectivity index (χ0v) is 14.9. The van der Waals surface area contributed by atoms with Gasteiger partial charge in [-0.1, -0.05) is 12.1 Å². The smallest absolute Gasteiger partial charge is 0.277 e. The van der Waals surface area contributed by atoms with Gasteiger partial charge in [0.1, 0.15) is 6.67 Å². The minimum atomic E-state index is -0.605. The molecule has 0 atom stereocenters. The first kappa shape index (κ1) is 17.4. The van der Waals surface area contributed by atoms with Gasteiger partial charge in [-0.05, 0) is 24.8 Å². The number of fused-ring (bicyclic) bond motifs is 1. The summed E-state index contributed by atoms with van der Waals surface area (Å²) in [5.41, 5.74) is -0.0710. The van der Waals surface area contributed by atoms with Crippen LogP contribution in [0.25, 0.3) is 0 Å². The molecule has 0 radical (unpaired) electrons. The van der Waals surface area contributed by atoms with Gasteiger partial charge in [-0.3, -0.25) is 19.3 Å². The second-order valence-electron chi connectivity index (χ2n) is 6.93. The monoisotopic (exact) mass is 373 g/mol. The Labute approximate surface area is 155 Å². The van der Waals surface area contributed by atoms with Crippen molar-refractivity contribution in [2.24, 2.45) is 5.92 Å². The van der Waals surface area contributed by atoms with Gasteiger partial charge in [0.05, 0.1) is 13.7 Å². The van der Waals surface area contributed by atoms with E-state index in [1.165, 1.54) is 30.1 Å². The summed E-state index contributed by atoms with van der Waals surface area (Å²) in [4.78, 5) is 26.3. The highest BCUT2D eigenvalue weighted by Gasteiger charge is 2.35. The van der Waals surface area contributed by atoms with Crippen molar-refractivity contribution in [3.8, 4) is 11.5 Å². The number of carbonyl (C=O) groups excluding carboxylic acids is 1. The fourth-order valence-electron chi connectivity index (χ4n) is 3.41. The topological polar surface area (TPSA) is 75.0 Å². The van der Waals surface area contributed by atoms with E-state index in [0.29, 0.717) is 18.0 Å². The van der Waals surface area contributed by atoms with Crippen LogP contribution in [0.2, 0.25) is 0 Å². The minimum Gasteiger partial charge on any atom is -0.502 e. The Hall–Kier alpha value is -3.03. The van der Waals surface area contributed by atoms with Crippen molar-refractivity contribution >= 4 is 5.91 Å². The third-order valence-electron chi connectivity index (χ3n) is 4.96. The number of hydrogen-bond donors (Lipinski definition) is 1. The molecule has 1 aliphatic heterocycles. The van der Waals surface area contributed by atoms with Crippen molar-refractivity contribution in [1.29, 1.82) is 0 Å². The van der Waals surface area contributed by atoms with E-state index in [-0.39, 0.29) is 30.6 Å². The standard InChI is InChI=1S/C19H20FN3O4/c1-27-18-13(3-2-4-14(18)20)10-22-11-21(9-12-5-6-12)19(26)16-17(25)15(24)7-8-23(16)22/h2-4,7-8,12,25H,5-6,9-11H2,1H3. The SMILES string of the molecule is COc1c(F)cccc1CN1CN(CC2CC2)C(=O)c2c(O)c(=O)ccn21. The Bertz CT molecular complexity index is 954. The van der Waals surface area contributed by atoms with E-state index in [4.69, 9.17) is 4.74 Å². The summed E-state index contributed by atoms with van der Waals surface area (Å²) in [5.74, 6) is -0.835. The van der Waals surface area contributed by atoms with Crippen LogP contribution in [0.5, 0.6) is 11.5 Å². The van der Waals surface area contributed by atoms with Gasteiger partial charge in [0.15, 0.2) is 23.0 Å². The molecule has 0 unspecified atom stereocenters. The number of hydrogen-bond acceptors (Lipinski definition) is 5. The molecular weight excluding hydrogens is 353 g/mol. The molecule has 27 heavy (non-hydrogen) atoms. The summed E-state index contributed by atoms with van der Waals surface area (Å²) < 4.78 is 20.7. The summed E-state index contributed by atoms with van der Waals surface area (Å²) in [6.45, 7) is 1.08. The van der Waals surface area contributed by atoms with Crippen molar-refractivity contribution in [3.63, 3.8) is 0 Å². The Morgan fingerprint density at radius 2 is 2.04 bits per heavy atom. The largest absolute Gasteiger partial charge is 0.502 e. The first-order valence-corrected chi connectivity index (χ1v) is 8.80. The molecule has 0 spiro atoms. The Morgan fingerprint density at radius 3 is 2.74 bits per heavy atom. The van der Waals surface area contributed by atoms with Gasteiger partial charge in [0, 0.05) is 24.4 Å². The Morgan fingerprint density at radius 1 is 1.26 bits per heavy atom. The number of aromatic nitrogens is 1. The first-order chi connectivity index (χ1) is 13.0. The lowest BCUT2D eigenvalue weighted by molar-refractivity contribution is 0.0676. The number of rotatable bonds is 5. The van der Waals surface area contributed by atoms with E-state index in [2.05, 4.69) is 0 Å². The number of methoxy groups -OCH3 is 1. The lowest BCUT2D eigenvalue weighted by Gasteiger charge is -2.39. The lowest BCUT2D eigenvalue weighted by atomic mass is 10.1. The van der Waals surface area contributed by atoms with E-state index in [1.807, 2.05) is 0 Å². The number of ether oxygens (including phenoxy) is 1. The van der Waals surface area contributed by atoms with Crippen LogP contribution in [0.3, 0.4) is 0 Å². The fraction of sp³-hybridized carbons (Fsp3) is 0.368. The molecular formula is C19H20FN3O4. The van der Waals surface area contributed by atoms with Crippen LogP contribution in [0, 0.1) is 11.7 Å². The molecule has 1 aliphatic carbocycles. The van der Waals surface area contributed by atoms with Gasteiger partial charge >= 0.3 is 0 Å². The predicted octanol–water partition coefficient (Wildman–Crippen LogP) is 1.66. The van der Waals surface area contributed by atoms with Gasteiger partial charge in [0.2, 0.25) is 5.43 Å². The molecule has 0 saturated heterocycles. The molecule has 0 bridgehead atoms. The van der Waals surface area contributed by atoms with Gasteiger partial charge in [0.25, 0.3) is 5.91 Å². The number of amides is 1. The fourth-order valence-corrected chi connectivity index (χ4v) is 3.41. The van der Waals surface area contributed by atoms with Crippen LogP contribution in [-0.2, 0) is 6.54 Å². The van der Waals surface area contributed by atoms with Crippen LogP contribution >= 0.6 is 0 Å². The van der Waals surface area contributed by atoms with E-state index in [9.17, 15) is 19.1 Å². The van der Waals surface area contributed by atoms with Crippen molar-refractivity contribution < 1.29 is 19.0 Å². The molecule has 1 amide bonds. The van der Waals surface area contributed by atoms with E-state index in [0.717, 1.165) is 12.8 Å². The molecule has 1 saturated carbocycles. The van der Waals surface area contributed by atoms with E-state index < -0.39 is 17.0 Å². The van der Waals surface area contributed by atoms with E-state index >= 15 is 0 Å². The number of nitrogens with zero attached hydrogens (tertiary/aromatic N) is 3. The number of halogens is 1. The maximum Gasteiger partial charge on any atom is 0.277 e. The van der Waals surface area contributed by atoms with Gasteiger partial charge < -0.3 is 14.7 Å². The number of pyridine rings is 1. The lowest BCUT2D eigenvalue weighted by Crippen LogP contribution is -2.54. The molecule has 2 aromatic rings. The van der Waals surface area contributed by atoms with Crippen molar-refractivity contribution in [3.05, 3.63) is 57.8 Å².